The smallest absolute Gasteiger partial charge is 0.407 e. The lowest BCUT2D eigenvalue weighted by Gasteiger charge is -2.30. The van der Waals surface area contributed by atoms with Gasteiger partial charge in [-0.25, -0.2) is 9.18 Å². The lowest BCUT2D eigenvalue weighted by molar-refractivity contribution is 0.0508. The fourth-order valence-electron chi connectivity index (χ4n) is 6.47. The van der Waals surface area contributed by atoms with Crippen molar-refractivity contribution in [3.05, 3.63) is 100 Å². The van der Waals surface area contributed by atoms with Crippen molar-refractivity contribution in [3.8, 4) is 17.2 Å². The number of hydrogen-bond donors (Lipinski definition) is 1. The number of carbonyl (C=O) groups is 2. The SMILES string of the molecule is CN(CCc1ccccn1)C(=O)c1cn2c3c(c(N4CC[C@@H](NC(=O)OC(C)(C)C)C4)c(F)cc3c1=O)Oc1c-2ccc2ccccc12. The number of alkyl carbamates (subject to hydrolysis) is 1. The first-order chi connectivity index (χ1) is 23.0. The van der Waals surface area contributed by atoms with Crippen molar-refractivity contribution in [2.24, 2.45) is 0 Å². The van der Waals surface area contributed by atoms with Gasteiger partial charge in [0.1, 0.15) is 22.4 Å². The molecular formula is C37H36FN5O5. The molecule has 2 amide bonds. The number of likely N-dealkylation sites (N-methyl/N-ethyl adjacent to an activating group) is 1. The van der Waals surface area contributed by atoms with E-state index in [0.29, 0.717) is 49.4 Å². The number of hydrogen-bond acceptors (Lipinski definition) is 7. The van der Waals surface area contributed by atoms with Gasteiger partial charge in [0.05, 0.1) is 17.1 Å². The van der Waals surface area contributed by atoms with Crippen LogP contribution in [0.5, 0.6) is 11.5 Å². The molecule has 7 rings (SSSR count). The molecule has 246 valence electrons. The van der Waals surface area contributed by atoms with Crippen molar-refractivity contribution in [3.63, 3.8) is 0 Å². The van der Waals surface area contributed by atoms with Gasteiger partial charge in [-0.05, 0) is 56.8 Å². The minimum absolute atomic E-state index is 0.0386. The van der Waals surface area contributed by atoms with E-state index < -0.39 is 28.8 Å². The Labute approximate surface area is 276 Å². The molecule has 0 saturated carbocycles. The van der Waals surface area contributed by atoms with E-state index in [4.69, 9.17) is 9.47 Å². The third kappa shape index (κ3) is 5.69. The highest BCUT2D eigenvalue weighted by Gasteiger charge is 2.35. The molecule has 4 heterocycles. The van der Waals surface area contributed by atoms with Crippen LogP contribution in [-0.4, -0.2) is 64.8 Å². The number of pyridine rings is 2. The molecule has 48 heavy (non-hydrogen) atoms. The second kappa shape index (κ2) is 12.0. The molecule has 0 unspecified atom stereocenters. The average molecular weight is 650 g/mol. The van der Waals surface area contributed by atoms with Gasteiger partial charge in [0.15, 0.2) is 17.3 Å². The molecule has 1 saturated heterocycles. The molecule has 1 atom stereocenters. The Morgan fingerprint density at radius 2 is 1.88 bits per heavy atom. The minimum Gasteiger partial charge on any atom is -0.450 e. The molecule has 5 aromatic rings. The van der Waals surface area contributed by atoms with Gasteiger partial charge in [-0.2, -0.15) is 0 Å². The van der Waals surface area contributed by atoms with Crippen LogP contribution in [0.25, 0.3) is 27.4 Å². The van der Waals surface area contributed by atoms with Gasteiger partial charge in [0.2, 0.25) is 5.43 Å². The average Bonchev–Trinajstić information content (AvgIpc) is 3.51. The van der Waals surface area contributed by atoms with Gasteiger partial charge in [-0.1, -0.05) is 36.4 Å². The summed E-state index contributed by atoms with van der Waals surface area (Å²) in [6.07, 6.45) is 3.77. The number of anilines is 1. The molecule has 0 aliphatic carbocycles. The molecule has 1 N–H and O–H groups in total. The number of ether oxygens (including phenoxy) is 2. The first-order valence-corrected chi connectivity index (χ1v) is 16.0. The largest absolute Gasteiger partial charge is 0.450 e. The Kier molecular flexibility index (Phi) is 7.77. The molecule has 0 radical (unpaired) electrons. The van der Waals surface area contributed by atoms with E-state index in [2.05, 4.69) is 10.3 Å². The van der Waals surface area contributed by atoms with E-state index in [1.165, 1.54) is 11.0 Å². The third-order valence-electron chi connectivity index (χ3n) is 8.73. The fraction of sp³-hybridized carbons (Fsp3) is 0.297. The van der Waals surface area contributed by atoms with E-state index in [9.17, 15) is 14.4 Å². The van der Waals surface area contributed by atoms with Crippen LogP contribution < -0.4 is 20.4 Å². The van der Waals surface area contributed by atoms with Crippen molar-refractivity contribution in [2.45, 2.75) is 45.3 Å². The van der Waals surface area contributed by atoms with Gasteiger partial charge in [0, 0.05) is 56.6 Å². The monoisotopic (exact) mass is 649 g/mol. The Morgan fingerprint density at radius 3 is 2.65 bits per heavy atom. The minimum atomic E-state index is -0.657. The highest BCUT2D eigenvalue weighted by atomic mass is 19.1. The summed E-state index contributed by atoms with van der Waals surface area (Å²) in [7, 11) is 1.64. The van der Waals surface area contributed by atoms with Crippen molar-refractivity contribution in [2.75, 3.05) is 31.6 Å². The van der Waals surface area contributed by atoms with Crippen LogP contribution in [-0.2, 0) is 11.2 Å². The van der Waals surface area contributed by atoms with E-state index in [1.807, 2.05) is 59.5 Å². The highest BCUT2D eigenvalue weighted by molar-refractivity contribution is 6.03. The molecule has 1 fully saturated rings. The topological polar surface area (TPSA) is 106 Å². The Balaban J connectivity index is 1.32. The molecule has 10 nitrogen and oxygen atoms in total. The fourth-order valence-corrected chi connectivity index (χ4v) is 6.47. The zero-order chi connectivity index (χ0) is 33.7. The molecule has 0 bridgehead atoms. The maximum Gasteiger partial charge on any atom is 0.407 e. The number of fused-ring (bicyclic) bond motifs is 4. The lowest BCUT2D eigenvalue weighted by Crippen LogP contribution is -2.40. The van der Waals surface area contributed by atoms with E-state index >= 15 is 4.39 Å². The zero-order valence-corrected chi connectivity index (χ0v) is 27.2. The highest BCUT2D eigenvalue weighted by Crippen LogP contribution is 2.49. The van der Waals surface area contributed by atoms with Gasteiger partial charge in [0.25, 0.3) is 5.91 Å². The van der Waals surface area contributed by atoms with Crippen LogP contribution in [0, 0.1) is 5.82 Å². The number of nitrogens with zero attached hydrogens (tertiary/aromatic N) is 4. The van der Waals surface area contributed by atoms with E-state index in [0.717, 1.165) is 16.5 Å². The predicted octanol–water partition coefficient (Wildman–Crippen LogP) is 6.20. The van der Waals surface area contributed by atoms with Crippen LogP contribution in [0.3, 0.4) is 0 Å². The Morgan fingerprint density at radius 1 is 1.08 bits per heavy atom. The number of nitrogens with one attached hydrogen (secondary N) is 1. The second-order valence-corrected chi connectivity index (χ2v) is 13.3. The van der Waals surface area contributed by atoms with Gasteiger partial charge in [-0.15, -0.1) is 0 Å². The lowest BCUT2D eigenvalue weighted by atomic mass is 10.0. The molecule has 2 aliphatic rings. The summed E-state index contributed by atoms with van der Waals surface area (Å²) >= 11 is 0. The van der Waals surface area contributed by atoms with Gasteiger partial charge in [-0.3, -0.25) is 14.6 Å². The summed E-state index contributed by atoms with van der Waals surface area (Å²) in [6.45, 7) is 6.45. The second-order valence-electron chi connectivity index (χ2n) is 13.3. The van der Waals surface area contributed by atoms with Crippen molar-refractivity contribution >= 4 is 39.4 Å². The molecule has 2 aliphatic heterocycles. The van der Waals surface area contributed by atoms with Crippen LogP contribution >= 0.6 is 0 Å². The van der Waals surface area contributed by atoms with Crippen molar-refractivity contribution in [1.82, 2.24) is 19.8 Å². The standard InChI is InChI=1S/C37H36FN5O5/c1-37(2,3)48-36(46)40-24-15-18-42(20-24)31-28(38)19-26-30-34(31)47-33-25-11-6-5-9-22(25)12-13-29(33)43(30)21-27(32(26)44)35(45)41(4)17-14-23-10-7-8-16-39-23/h5-13,16,19,21,24H,14-15,17-18,20H2,1-4H3,(H,40,46)/t24-/m1/s1. The van der Waals surface area contributed by atoms with E-state index in [-0.39, 0.29) is 28.4 Å². The number of carbonyl (C=O) groups excluding carboxylic acids is 2. The Bertz CT molecular complexity index is 2140. The first kappa shape index (κ1) is 31.2. The van der Waals surface area contributed by atoms with Gasteiger partial charge >= 0.3 is 6.09 Å². The maximum absolute atomic E-state index is 16.4. The van der Waals surface area contributed by atoms with E-state index in [1.54, 1.807) is 44.8 Å². The number of amides is 2. The molecule has 0 spiro atoms. The molecule has 11 heteroatoms. The maximum atomic E-state index is 16.4. The van der Waals surface area contributed by atoms with Crippen LogP contribution in [0.4, 0.5) is 14.9 Å². The quantitative estimate of drug-likeness (QED) is 0.229. The number of rotatable bonds is 6. The van der Waals surface area contributed by atoms with Crippen molar-refractivity contribution < 1.29 is 23.5 Å². The normalized spacial score (nSPS) is 15.3. The number of halogens is 1. The van der Waals surface area contributed by atoms with Crippen LogP contribution in [0.15, 0.2) is 77.9 Å². The van der Waals surface area contributed by atoms with Crippen LogP contribution in [0.1, 0.15) is 43.2 Å². The van der Waals surface area contributed by atoms with Crippen LogP contribution in [0.2, 0.25) is 0 Å². The summed E-state index contributed by atoms with van der Waals surface area (Å²) in [4.78, 5) is 48.0. The summed E-state index contributed by atoms with van der Waals surface area (Å²) < 4.78 is 30.2. The zero-order valence-electron chi connectivity index (χ0n) is 27.2. The number of benzene rings is 3. The number of aromatic nitrogens is 2. The Hall–Kier alpha value is -5.45. The summed E-state index contributed by atoms with van der Waals surface area (Å²) in [5, 5.41) is 4.65. The molecule has 3 aromatic carbocycles. The molecular weight excluding hydrogens is 613 g/mol. The predicted molar refractivity (Wildman–Crippen MR) is 182 cm³/mol. The molecule has 2 aromatic heterocycles. The summed E-state index contributed by atoms with van der Waals surface area (Å²) in [5.74, 6) is -0.457. The summed E-state index contributed by atoms with van der Waals surface area (Å²) in [5.41, 5.74) is 0.697. The third-order valence-corrected chi connectivity index (χ3v) is 8.73. The van der Waals surface area contributed by atoms with Crippen molar-refractivity contribution in [1.29, 1.82) is 0 Å². The first-order valence-electron chi connectivity index (χ1n) is 16.0. The van der Waals surface area contributed by atoms with Gasteiger partial charge < -0.3 is 29.2 Å². The summed E-state index contributed by atoms with van der Waals surface area (Å²) in [6, 6.07) is 18.0.